The van der Waals surface area contributed by atoms with E-state index in [0.717, 1.165) is 57.1 Å². The average molecular weight is 1770 g/mol. The van der Waals surface area contributed by atoms with E-state index in [1.165, 1.54) is 131 Å². The van der Waals surface area contributed by atoms with Crippen LogP contribution in [0.1, 0.15) is 185 Å². The Morgan fingerprint density at radius 3 is 0.858 bits per heavy atom. The van der Waals surface area contributed by atoms with Crippen molar-refractivity contribution in [2.24, 2.45) is 11.8 Å². The van der Waals surface area contributed by atoms with E-state index in [1.807, 2.05) is 66.1 Å². The van der Waals surface area contributed by atoms with Crippen LogP contribution < -0.4 is 36.2 Å². The number of hydrogen-bond acceptors (Lipinski definition) is 31. The summed E-state index contributed by atoms with van der Waals surface area (Å²) in [6.07, 6.45) is 34.5. The van der Waals surface area contributed by atoms with Crippen molar-refractivity contribution in [1.29, 1.82) is 0 Å². The zero-order chi connectivity index (χ0) is 88.5. The van der Waals surface area contributed by atoms with Crippen molar-refractivity contribution in [3.63, 3.8) is 0 Å². The Labute approximate surface area is 717 Å². The van der Waals surface area contributed by atoms with Crippen molar-refractivity contribution in [3.05, 3.63) is 170 Å². The van der Waals surface area contributed by atoms with E-state index in [2.05, 4.69) is 128 Å². The van der Waals surface area contributed by atoms with Crippen LogP contribution in [0.4, 0.5) is 0 Å². The number of rotatable bonds is 75. The molecule has 34 heteroatoms. The molecule has 4 atom stereocenters. The number of aliphatic hydroxyl groups is 3. The molecule has 0 amide bonds. The summed E-state index contributed by atoms with van der Waals surface area (Å²) in [5.74, 6) is 12.1. The number of nitrogens with one attached hydrogen (secondary N) is 1. The Morgan fingerprint density at radius 2 is 0.600 bits per heavy atom. The van der Waals surface area contributed by atoms with Crippen LogP contribution in [0, 0.1) is 0 Å². The number of methoxy groups -OCH3 is 1. The minimum absolute atomic E-state index is 0.0630. The highest BCUT2D eigenvalue weighted by Gasteiger charge is 2.20. The molecule has 120 heavy (non-hydrogen) atoms. The Kier molecular flexibility index (Phi) is 76.2. The molecule has 0 saturated heterocycles. The summed E-state index contributed by atoms with van der Waals surface area (Å²) >= 11 is 0. The molecule has 0 saturated carbocycles. The molecular weight excluding hydrogens is 1620 g/mol. The van der Waals surface area contributed by atoms with Gasteiger partial charge < -0.3 is 76.9 Å². The van der Waals surface area contributed by atoms with Crippen LogP contribution in [-0.4, -0.2) is 205 Å². The van der Waals surface area contributed by atoms with Crippen molar-refractivity contribution in [3.8, 4) is 23.0 Å². The van der Waals surface area contributed by atoms with Crippen LogP contribution >= 0.6 is 0 Å². The van der Waals surface area contributed by atoms with Gasteiger partial charge in [0.1, 0.15) is 80.6 Å². The molecular formula is C86H145N3O28S3. The first-order valence-electron chi connectivity index (χ1n) is 41.5. The zero-order valence-corrected chi connectivity index (χ0v) is 74.4. The molecule has 0 aliphatic heterocycles. The standard InChI is InChI=1S/C22H37NO7S.C21H35NO7S.C20H32O4.C19H31NO8S.C4H10O2/c1-3-5-6-7-8-9-10-11-20-12-14-21(15-13-20)27-18-22(17-26-16-4-2)28-19-29-31(24,25)30-23;1-3-5-6-7-8-9-10-19-11-13-20(14-12-19)26-17-21(16-25-15-4-2)27-18-28-30(23,24)29-22;1-4-6-7-8-9-18-10-12-19(13-11-18)23-16-20(24-17-21-3)15-22-14-5-2;1-3-5-6-17-7-9-18(10-8-17)25-15-19(14-24-13-4-2)26-16-27-29(22,23)28-20-11-12-21;5-3-1-2-4-6/h4,12-15,22H,2-3,5-11,16-19,23H2,1H3;4,11-14,21H,2-3,5-10,15-18,22H2,1H3;5,10-13,20H,2,4,6-9,14-17H2,1,3H3;4,7-10,19-21H,2-3,5-6,11-16H2,1H3;5-6H,1-4H2. The topological polar surface area (TPSA) is 403 Å². The molecule has 0 bridgehead atoms. The molecule has 4 aromatic rings. The van der Waals surface area contributed by atoms with Crippen LogP contribution in [0.15, 0.2) is 148 Å². The Bertz CT molecular complexity index is 3350. The molecule has 0 aliphatic rings. The van der Waals surface area contributed by atoms with E-state index in [4.69, 9.17) is 76.9 Å². The Hall–Kier alpha value is -5.95. The van der Waals surface area contributed by atoms with Gasteiger partial charge in [-0.05, 0) is 135 Å². The second-order valence-electron chi connectivity index (χ2n) is 27.0. The fourth-order valence-corrected chi connectivity index (χ4v) is 11.1. The first-order valence-corrected chi connectivity index (χ1v) is 45.5. The number of aliphatic hydroxyl groups excluding tert-OH is 3. The molecule has 31 nitrogen and oxygen atoms in total. The summed E-state index contributed by atoms with van der Waals surface area (Å²) in [6, 6.07) is 32.0. The molecule has 0 aromatic heterocycles. The summed E-state index contributed by atoms with van der Waals surface area (Å²) in [7, 11) is -11.2. The van der Waals surface area contributed by atoms with Crippen molar-refractivity contribution in [2.75, 3.05) is 140 Å². The summed E-state index contributed by atoms with van der Waals surface area (Å²) in [5.41, 5.74) is 7.21. The number of hydrogen-bond donors (Lipinski definition) is 6. The van der Waals surface area contributed by atoms with Crippen LogP contribution in [-0.2, 0) is 125 Å². The molecule has 0 aliphatic carbocycles. The fraction of sp³-hybridized carbons (Fsp3) is 0.628. The number of ether oxygens (including phenoxy) is 13. The largest absolute Gasteiger partial charge is 0.491 e. The van der Waals surface area contributed by atoms with Gasteiger partial charge >= 0.3 is 31.2 Å². The highest BCUT2D eigenvalue weighted by atomic mass is 32.3. The predicted molar refractivity (Wildman–Crippen MR) is 463 cm³/mol. The third kappa shape index (κ3) is 69.5. The lowest BCUT2D eigenvalue weighted by Gasteiger charge is -2.18. The maximum absolute atomic E-state index is 11.5. The zero-order valence-electron chi connectivity index (χ0n) is 71.9. The van der Waals surface area contributed by atoms with Crippen molar-refractivity contribution < 1.29 is 128 Å². The van der Waals surface area contributed by atoms with Gasteiger partial charge in [0, 0.05) is 26.9 Å². The second-order valence-corrected chi connectivity index (χ2v) is 30.7. The van der Waals surface area contributed by atoms with E-state index in [9.17, 15) is 25.3 Å². The van der Waals surface area contributed by atoms with Gasteiger partial charge in [-0.1, -0.05) is 197 Å². The van der Waals surface area contributed by atoms with Crippen molar-refractivity contribution in [2.45, 2.75) is 213 Å². The van der Waals surface area contributed by atoms with E-state index in [0.29, 0.717) is 56.9 Å². The van der Waals surface area contributed by atoms with Gasteiger partial charge in [-0.25, -0.2) is 12.5 Å². The van der Waals surface area contributed by atoms with Gasteiger partial charge in [-0.15, -0.1) is 26.3 Å². The van der Waals surface area contributed by atoms with E-state index >= 15 is 0 Å². The molecule has 8 N–H and O–H groups in total. The molecule has 0 fully saturated rings. The summed E-state index contributed by atoms with van der Waals surface area (Å²) in [5, 5.41) is 24.8. The Morgan fingerprint density at radius 1 is 0.342 bits per heavy atom. The van der Waals surface area contributed by atoms with Gasteiger partial charge in [0.25, 0.3) is 0 Å². The second kappa shape index (κ2) is 80.2. The smallest absolute Gasteiger partial charge is 0.418 e. The van der Waals surface area contributed by atoms with Crippen LogP contribution in [0.3, 0.4) is 0 Å². The maximum Gasteiger partial charge on any atom is 0.418 e. The summed E-state index contributed by atoms with van der Waals surface area (Å²) in [6.45, 7) is 25.1. The first kappa shape index (κ1) is 114. The van der Waals surface area contributed by atoms with Crippen LogP contribution in [0.5, 0.6) is 23.0 Å². The number of nitrogens with two attached hydrogens (primary N) is 2. The quantitative estimate of drug-likeness (QED) is 0.0103. The predicted octanol–water partition coefficient (Wildman–Crippen LogP) is 13.6. The SMILES string of the molecule is C=CCOCC(COc1ccc(CCCC)cc1)OCOS(=O)(=O)ONCCO.C=CCOCC(COc1ccc(CCCCCC)cc1)OCOC.C=CCOCC(COc1ccc(CCCCCCCC)cc1)OCOS(=O)(=O)ON.C=CCOCC(COc1ccc(CCCCCCCCC)cc1)OCOS(=O)(=O)ON.OCCCCO. The van der Waals surface area contributed by atoms with Gasteiger partial charge in [-0.3, -0.25) is 0 Å². The van der Waals surface area contributed by atoms with Crippen molar-refractivity contribution in [1.82, 2.24) is 5.48 Å². The molecule has 4 unspecified atom stereocenters. The first-order chi connectivity index (χ1) is 58.2. The number of aryl methyl sites for hydroxylation is 4. The summed E-state index contributed by atoms with van der Waals surface area (Å²) < 4.78 is 164. The molecule has 0 radical (unpaired) electrons. The third-order valence-electron chi connectivity index (χ3n) is 16.7. The summed E-state index contributed by atoms with van der Waals surface area (Å²) in [4.78, 5) is 0. The molecule has 0 heterocycles. The minimum Gasteiger partial charge on any atom is -0.491 e. The lowest BCUT2D eigenvalue weighted by molar-refractivity contribution is -0.106. The van der Waals surface area contributed by atoms with Crippen LogP contribution in [0.25, 0.3) is 0 Å². The van der Waals surface area contributed by atoms with E-state index in [-0.39, 0.29) is 78.9 Å². The Balaban J connectivity index is 0.00000154. The van der Waals surface area contributed by atoms with Crippen LogP contribution in [0.2, 0.25) is 0 Å². The minimum atomic E-state index is -4.30. The molecule has 690 valence electrons. The van der Waals surface area contributed by atoms with Gasteiger partial charge in [0.05, 0.1) is 59.5 Å². The van der Waals surface area contributed by atoms with Gasteiger partial charge in [0.2, 0.25) is 0 Å². The highest BCUT2D eigenvalue weighted by Crippen LogP contribution is 2.21. The number of hydroxylamine groups is 1. The van der Waals surface area contributed by atoms with Gasteiger partial charge in [0.15, 0.2) is 20.4 Å². The molecule has 4 rings (SSSR count). The molecule has 4 aromatic carbocycles. The highest BCUT2D eigenvalue weighted by molar-refractivity contribution is 7.82. The lowest BCUT2D eigenvalue weighted by atomic mass is 10.0. The normalized spacial score (nSPS) is 12.3. The average Bonchev–Trinajstić information content (AvgIpc) is 0.919. The number of unbranched alkanes of at least 4 members (excludes halogenated alkanes) is 16. The van der Waals surface area contributed by atoms with E-state index < -0.39 is 69.9 Å². The number of benzene rings is 4. The third-order valence-corrected chi connectivity index (χ3v) is 18.7. The monoisotopic (exact) mass is 1760 g/mol. The molecule has 0 spiro atoms. The lowest BCUT2D eigenvalue weighted by Crippen LogP contribution is -2.30. The van der Waals surface area contributed by atoms with Crippen molar-refractivity contribution >= 4 is 31.2 Å². The van der Waals surface area contributed by atoms with Gasteiger partial charge in [-0.2, -0.15) is 55.4 Å². The maximum atomic E-state index is 11.5. The van der Waals surface area contributed by atoms with E-state index in [1.54, 1.807) is 31.4 Å². The fourth-order valence-electron chi connectivity index (χ4n) is 10.2.